The number of aliphatic hydroxyl groups is 1. The normalized spacial score (nSPS) is 24.1. The van der Waals surface area contributed by atoms with Gasteiger partial charge >= 0.3 is 5.97 Å². The maximum Gasteiger partial charge on any atom is 0.313 e. The summed E-state index contributed by atoms with van der Waals surface area (Å²) in [6.45, 7) is 8.02. The minimum absolute atomic E-state index is 0.0482. The molecular weight excluding hydrogens is 634 g/mol. The molecule has 10 nitrogen and oxygen atoms in total. The highest BCUT2D eigenvalue weighted by Crippen LogP contribution is 2.59. The van der Waals surface area contributed by atoms with E-state index in [0.29, 0.717) is 43.4 Å². The molecule has 3 amide bonds. The number of hydrogen-bond donors (Lipinski definition) is 2. The number of anilines is 1. The number of nitrogens with zero attached hydrogens (tertiary/aromatic N) is 2. The predicted molar refractivity (Wildman–Crippen MR) is 190 cm³/mol. The number of amides is 3. The average Bonchev–Trinajstić information content (AvgIpc) is 3.78. The minimum atomic E-state index is -1.22. The summed E-state index contributed by atoms with van der Waals surface area (Å²) in [5, 5.41) is 14.4. The van der Waals surface area contributed by atoms with Crippen molar-refractivity contribution in [3.8, 4) is 0 Å². The molecule has 3 aliphatic rings. The topological polar surface area (TPSA) is 125 Å². The largest absolute Gasteiger partial charge is 0.455 e. The van der Waals surface area contributed by atoms with Crippen molar-refractivity contribution in [1.82, 2.24) is 10.2 Å². The number of likely N-dealkylation sites (tertiary alicyclic amines) is 1. The number of benzene rings is 3. The van der Waals surface area contributed by atoms with E-state index in [9.17, 15) is 24.3 Å². The third kappa shape index (κ3) is 6.69. The van der Waals surface area contributed by atoms with Gasteiger partial charge in [-0.05, 0) is 60.6 Å². The quantitative estimate of drug-likeness (QED) is 0.126. The molecule has 3 fully saturated rings. The summed E-state index contributed by atoms with van der Waals surface area (Å²) in [6, 6.07) is 21.9. The summed E-state index contributed by atoms with van der Waals surface area (Å²) in [5.74, 6) is -3.26. The van der Waals surface area contributed by atoms with Gasteiger partial charge in [-0.2, -0.15) is 0 Å². The molecule has 3 aliphatic heterocycles. The number of aliphatic hydroxyl groups excluding tert-OH is 1. The van der Waals surface area contributed by atoms with Crippen LogP contribution in [0.25, 0.3) is 10.8 Å². The zero-order valence-corrected chi connectivity index (χ0v) is 28.2. The summed E-state index contributed by atoms with van der Waals surface area (Å²) in [5.41, 5.74) is 0.148. The van der Waals surface area contributed by atoms with E-state index in [1.807, 2.05) is 72.8 Å². The van der Waals surface area contributed by atoms with Gasteiger partial charge in [-0.1, -0.05) is 72.8 Å². The smallest absolute Gasteiger partial charge is 0.313 e. The van der Waals surface area contributed by atoms with E-state index in [2.05, 4.69) is 18.5 Å². The zero-order chi connectivity index (χ0) is 35.3. The Morgan fingerprint density at radius 2 is 1.80 bits per heavy atom. The molecule has 0 saturated carbocycles. The first-order valence-electron chi connectivity index (χ1n) is 17.5. The highest BCUT2D eigenvalue weighted by atomic mass is 16.6. The van der Waals surface area contributed by atoms with Crippen LogP contribution < -0.4 is 10.2 Å². The van der Waals surface area contributed by atoms with Crippen LogP contribution in [0.3, 0.4) is 0 Å². The number of carbonyl (C=O) groups excluding carboxylic acids is 4. The van der Waals surface area contributed by atoms with Crippen LogP contribution in [0.2, 0.25) is 0 Å². The highest BCUT2D eigenvalue weighted by Gasteiger charge is 2.75. The van der Waals surface area contributed by atoms with E-state index in [4.69, 9.17) is 9.47 Å². The molecule has 0 aliphatic carbocycles. The van der Waals surface area contributed by atoms with E-state index in [1.165, 1.54) is 0 Å². The number of unbranched alkanes of at least 4 members (excludes halogenated alkanes) is 1. The molecule has 2 N–H and O–H groups in total. The fourth-order valence-electron chi connectivity index (χ4n) is 7.92. The lowest BCUT2D eigenvalue weighted by atomic mass is 9.70. The van der Waals surface area contributed by atoms with Crippen LogP contribution in [0.15, 0.2) is 98.1 Å². The Morgan fingerprint density at radius 1 is 1.04 bits per heavy atom. The lowest BCUT2D eigenvalue weighted by Gasteiger charge is -2.37. The van der Waals surface area contributed by atoms with E-state index in [-0.39, 0.29) is 50.4 Å². The molecule has 6 rings (SSSR count). The van der Waals surface area contributed by atoms with Crippen molar-refractivity contribution >= 4 is 40.2 Å². The van der Waals surface area contributed by atoms with Gasteiger partial charge in [-0.15, -0.1) is 13.2 Å². The molecule has 1 spiro atoms. The van der Waals surface area contributed by atoms with Crippen LogP contribution >= 0.6 is 0 Å². The molecule has 50 heavy (non-hydrogen) atoms. The maximum absolute atomic E-state index is 14.8. The van der Waals surface area contributed by atoms with Crippen LogP contribution in [0.1, 0.15) is 50.2 Å². The molecular formula is C40H45N3O7. The van der Waals surface area contributed by atoms with Crippen molar-refractivity contribution in [2.75, 3.05) is 31.1 Å². The molecule has 0 unspecified atom stereocenters. The maximum atomic E-state index is 14.8. The van der Waals surface area contributed by atoms with Crippen molar-refractivity contribution in [1.29, 1.82) is 0 Å². The fraction of sp³-hybridized carbons (Fsp3) is 0.400. The summed E-state index contributed by atoms with van der Waals surface area (Å²) >= 11 is 0. The lowest BCUT2D eigenvalue weighted by Crippen LogP contribution is -2.56. The van der Waals surface area contributed by atoms with E-state index < -0.39 is 41.7 Å². The Bertz CT molecular complexity index is 1740. The van der Waals surface area contributed by atoms with Crippen molar-refractivity contribution in [2.24, 2.45) is 11.8 Å². The number of ether oxygens (including phenoxy) is 2. The second-order valence-electron chi connectivity index (χ2n) is 13.3. The van der Waals surface area contributed by atoms with E-state index in [0.717, 1.165) is 10.8 Å². The fourth-order valence-corrected chi connectivity index (χ4v) is 7.92. The number of fused-ring (bicyclic) bond motifs is 2. The molecule has 10 heteroatoms. The number of rotatable bonds is 16. The monoisotopic (exact) mass is 679 g/mol. The van der Waals surface area contributed by atoms with Crippen molar-refractivity contribution < 1.29 is 33.8 Å². The van der Waals surface area contributed by atoms with Crippen LogP contribution in [0, 0.1) is 11.8 Å². The van der Waals surface area contributed by atoms with Gasteiger partial charge in [-0.3, -0.25) is 19.2 Å². The summed E-state index contributed by atoms with van der Waals surface area (Å²) in [6.07, 6.45) is 4.57. The van der Waals surface area contributed by atoms with Gasteiger partial charge in [0.2, 0.25) is 11.8 Å². The first-order valence-corrected chi connectivity index (χ1v) is 17.5. The average molecular weight is 680 g/mol. The SMILES string of the molecule is C=CCCC(=O)NC[C@@H](OC(=O)[C@@H]1[C@H]2C(=O)N(CCCCO)[C@H](C(=O)N(CC=C)c3ccc4ccccc4c3)[C@]23CC[C@H]1O3)c1ccccc1. The predicted octanol–water partition coefficient (Wildman–Crippen LogP) is 4.87. The number of allylic oxidation sites excluding steroid dienone is 1. The third-order valence-electron chi connectivity index (χ3n) is 10.2. The van der Waals surface area contributed by atoms with Gasteiger partial charge in [0.15, 0.2) is 0 Å². The molecule has 262 valence electrons. The summed E-state index contributed by atoms with van der Waals surface area (Å²) < 4.78 is 12.8. The Balaban J connectivity index is 1.31. The first kappa shape index (κ1) is 35.0. The third-order valence-corrected chi connectivity index (χ3v) is 10.2. The standard InChI is InChI=1S/C40H45N3O7/c1-3-5-17-33(45)41-26-32(28-14-7-6-8-15-28)49-39(48)34-31-20-21-40(50-31)35(34)37(46)43(23-11-12-24-44)36(40)38(47)42(22-4-2)30-19-18-27-13-9-10-16-29(27)25-30/h3-4,6-10,13-16,18-19,25,31-32,34-36,44H,1-2,5,11-12,17,20-24,26H2,(H,41,45)/t31-,32-,34+,35+,36-,40+/m1/s1. The molecule has 0 radical (unpaired) electrons. The molecule has 3 aromatic carbocycles. The Morgan fingerprint density at radius 3 is 2.54 bits per heavy atom. The Hall–Kier alpha value is -4.80. The molecule has 3 aromatic rings. The van der Waals surface area contributed by atoms with Crippen molar-refractivity contribution in [3.63, 3.8) is 0 Å². The van der Waals surface area contributed by atoms with Gasteiger partial charge in [0, 0.05) is 31.8 Å². The second-order valence-corrected chi connectivity index (χ2v) is 13.3. The van der Waals surface area contributed by atoms with Gasteiger partial charge in [-0.25, -0.2) is 0 Å². The lowest BCUT2D eigenvalue weighted by molar-refractivity contribution is -0.160. The first-order chi connectivity index (χ1) is 24.3. The number of nitrogens with one attached hydrogen (secondary N) is 1. The molecule has 0 aromatic heterocycles. The van der Waals surface area contributed by atoms with Crippen molar-refractivity contribution in [3.05, 3.63) is 104 Å². The second kappa shape index (κ2) is 15.4. The van der Waals surface area contributed by atoms with Gasteiger partial charge in [0.05, 0.1) is 24.5 Å². The Kier molecular flexibility index (Phi) is 10.8. The summed E-state index contributed by atoms with van der Waals surface area (Å²) in [4.78, 5) is 59.2. The zero-order valence-electron chi connectivity index (χ0n) is 28.2. The van der Waals surface area contributed by atoms with E-state index >= 15 is 0 Å². The van der Waals surface area contributed by atoms with Crippen LogP contribution in [0.5, 0.6) is 0 Å². The molecule has 3 saturated heterocycles. The van der Waals surface area contributed by atoms with Gasteiger partial charge in [0.25, 0.3) is 5.91 Å². The van der Waals surface area contributed by atoms with Crippen LogP contribution in [-0.4, -0.2) is 77.7 Å². The van der Waals surface area contributed by atoms with Crippen LogP contribution in [-0.2, 0) is 28.7 Å². The molecule has 6 atom stereocenters. The number of esters is 1. The highest BCUT2D eigenvalue weighted by molar-refractivity contribution is 6.05. The van der Waals surface area contributed by atoms with Crippen molar-refractivity contribution in [2.45, 2.75) is 62.4 Å². The Labute approximate surface area is 292 Å². The number of carbonyl (C=O) groups is 4. The minimum Gasteiger partial charge on any atom is -0.455 e. The molecule has 2 bridgehead atoms. The van der Waals surface area contributed by atoms with Gasteiger partial charge in [0.1, 0.15) is 17.7 Å². The molecule has 3 heterocycles. The van der Waals surface area contributed by atoms with Crippen LogP contribution in [0.4, 0.5) is 5.69 Å². The number of hydrogen-bond acceptors (Lipinski definition) is 7. The summed E-state index contributed by atoms with van der Waals surface area (Å²) in [7, 11) is 0. The van der Waals surface area contributed by atoms with Gasteiger partial charge < -0.3 is 29.7 Å². The van der Waals surface area contributed by atoms with E-state index in [1.54, 1.807) is 22.0 Å².